The van der Waals surface area contributed by atoms with E-state index in [4.69, 9.17) is 4.74 Å². The van der Waals surface area contributed by atoms with Crippen molar-refractivity contribution in [2.24, 2.45) is 5.41 Å². The molecule has 1 aliphatic rings. The summed E-state index contributed by atoms with van der Waals surface area (Å²) in [5.41, 5.74) is 3.59. The molecule has 0 radical (unpaired) electrons. The second-order valence-corrected chi connectivity index (χ2v) is 6.33. The first-order valence-electron chi connectivity index (χ1n) is 7.75. The van der Waals surface area contributed by atoms with Gasteiger partial charge in [-0.25, -0.2) is 0 Å². The Bertz CT molecular complexity index is 585. The van der Waals surface area contributed by atoms with Crippen molar-refractivity contribution in [2.45, 2.75) is 13.5 Å². The predicted octanol–water partition coefficient (Wildman–Crippen LogP) is 3.01. The third-order valence-electron chi connectivity index (χ3n) is 4.29. The summed E-state index contributed by atoms with van der Waals surface area (Å²) in [6, 6.07) is 19.0. The van der Waals surface area contributed by atoms with E-state index in [0.717, 1.165) is 13.1 Å². The Balaban J connectivity index is 1.83. The van der Waals surface area contributed by atoms with E-state index < -0.39 is 0 Å². The maximum atomic E-state index is 9.74. The summed E-state index contributed by atoms with van der Waals surface area (Å²) in [6.45, 7) is 5.19. The van der Waals surface area contributed by atoms with Crippen LogP contribution in [0.3, 0.4) is 0 Å². The van der Waals surface area contributed by atoms with E-state index in [9.17, 15) is 5.11 Å². The average Bonchev–Trinajstić information content (AvgIpc) is 2.52. The number of aryl methyl sites for hydroxylation is 1. The summed E-state index contributed by atoms with van der Waals surface area (Å²) in [5.74, 6) is 0. The molecule has 3 heteroatoms. The van der Waals surface area contributed by atoms with Gasteiger partial charge in [0, 0.05) is 18.8 Å². The van der Waals surface area contributed by atoms with Crippen molar-refractivity contribution < 1.29 is 9.84 Å². The van der Waals surface area contributed by atoms with Crippen molar-refractivity contribution in [3.63, 3.8) is 0 Å². The lowest BCUT2D eigenvalue weighted by atomic mass is 9.86. The topological polar surface area (TPSA) is 32.7 Å². The number of aliphatic hydroxyl groups excluding tert-OH is 1. The number of hydrogen-bond acceptors (Lipinski definition) is 3. The van der Waals surface area contributed by atoms with Gasteiger partial charge in [-0.2, -0.15) is 0 Å². The predicted molar refractivity (Wildman–Crippen MR) is 89.0 cm³/mol. The fourth-order valence-corrected chi connectivity index (χ4v) is 2.83. The molecule has 0 amide bonds. The minimum Gasteiger partial charge on any atom is -0.396 e. The zero-order valence-corrected chi connectivity index (χ0v) is 13.0. The van der Waals surface area contributed by atoms with Gasteiger partial charge >= 0.3 is 0 Å². The minimum absolute atomic E-state index is 0.125. The molecular weight excluding hydrogens is 274 g/mol. The first-order valence-corrected chi connectivity index (χ1v) is 7.75. The highest BCUT2D eigenvalue weighted by molar-refractivity contribution is 5.48. The van der Waals surface area contributed by atoms with Gasteiger partial charge in [-0.3, -0.25) is 0 Å². The van der Waals surface area contributed by atoms with Crippen LogP contribution in [0.25, 0.3) is 0 Å². The van der Waals surface area contributed by atoms with E-state index in [1.165, 1.54) is 16.8 Å². The molecule has 2 aromatic rings. The van der Waals surface area contributed by atoms with Crippen LogP contribution in [0.4, 0.5) is 5.69 Å². The van der Waals surface area contributed by atoms with E-state index in [-0.39, 0.29) is 12.0 Å². The molecule has 0 aliphatic carbocycles. The maximum absolute atomic E-state index is 9.74. The van der Waals surface area contributed by atoms with Gasteiger partial charge in [-0.15, -0.1) is 0 Å². The summed E-state index contributed by atoms with van der Waals surface area (Å²) in [6.07, 6.45) is 0. The van der Waals surface area contributed by atoms with Crippen molar-refractivity contribution >= 4 is 5.69 Å². The van der Waals surface area contributed by atoms with Crippen LogP contribution in [0.15, 0.2) is 54.6 Å². The van der Waals surface area contributed by atoms with Crippen molar-refractivity contribution in [2.75, 3.05) is 31.3 Å². The molecule has 1 fully saturated rings. The molecule has 3 nitrogen and oxygen atoms in total. The molecule has 1 N–H and O–H groups in total. The molecule has 1 aliphatic heterocycles. The van der Waals surface area contributed by atoms with Crippen LogP contribution in [-0.2, 0) is 11.3 Å². The van der Waals surface area contributed by atoms with Gasteiger partial charge in [0.15, 0.2) is 0 Å². The van der Waals surface area contributed by atoms with Gasteiger partial charge in [0.05, 0.1) is 25.2 Å². The van der Waals surface area contributed by atoms with Crippen LogP contribution in [0, 0.1) is 12.3 Å². The van der Waals surface area contributed by atoms with Gasteiger partial charge in [-0.05, 0) is 24.6 Å². The van der Waals surface area contributed by atoms with Gasteiger partial charge < -0.3 is 14.7 Å². The highest BCUT2D eigenvalue weighted by Gasteiger charge is 2.39. The summed E-state index contributed by atoms with van der Waals surface area (Å²) in [5, 5.41) is 9.74. The van der Waals surface area contributed by atoms with E-state index in [2.05, 4.69) is 60.4 Å². The van der Waals surface area contributed by atoms with E-state index in [0.29, 0.717) is 13.2 Å². The standard InChI is InChI=1S/C19H23NO2/c1-16-7-9-18(10-8-16)20(11-17-5-3-2-4-6-17)12-19(13-21)14-22-15-19/h2-10,21H,11-15H2,1H3. The van der Waals surface area contributed by atoms with Crippen molar-refractivity contribution in [1.82, 2.24) is 0 Å². The van der Waals surface area contributed by atoms with Crippen LogP contribution in [0.2, 0.25) is 0 Å². The normalized spacial score (nSPS) is 16.1. The molecule has 0 spiro atoms. The van der Waals surface area contributed by atoms with Gasteiger partial charge in [0.2, 0.25) is 0 Å². The summed E-state index contributed by atoms with van der Waals surface area (Å²) >= 11 is 0. The molecule has 0 bridgehead atoms. The molecule has 1 saturated heterocycles. The molecule has 116 valence electrons. The molecule has 1 heterocycles. The third kappa shape index (κ3) is 3.32. The zero-order chi connectivity index (χ0) is 15.4. The average molecular weight is 297 g/mol. The third-order valence-corrected chi connectivity index (χ3v) is 4.29. The zero-order valence-electron chi connectivity index (χ0n) is 13.0. The molecular formula is C19H23NO2. The van der Waals surface area contributed by atoms with Crippen molar-refractivity contribution in [1.29, 1.82) is 0 Å². The quantitative estimate of drug-likeness (QED) is 0.889. The molecule has 0 saturated carbocycles. The Morgan fingerprint density at radius 3 is 2.27 bits per heavy atom. The fraction of sp³-hybridized carbons (Fsp3) is 0.368. The van der Waals surface area contributed by atoms with E-state index in [1.807, 2.05) is 6.07 Å². The lowest BCUT2D eigenvalue weighted by molar-refractivity contribution is -0.131. The molecule has 3 rings (SSSR count). The highest BCUT2D eigenvalue weighted by atomic mass is 16.5. The maximum Gasteiger partial charge on any atom is 0.0584 e. The van der Waals surface area contributed by atoms with Crippen LogP contribution >= 0.6 is 0 Å². The molecule has 2 aromatic carbocycles. The monoisotopic (exact) mass is 297 g/mol. The molecule has 0 atom stereocenters. The first kappa shape index (κ1) is 15.1. The Hall–Kier alpha value is -1.84. The lowest BCUT2D eigenvalue weighted by Gasteiger charge is -2.44. The van der Waals surface area contributed by atoms with Crippen molar-refractivity contribution in [3.8, 4) is 0 Å². The second kappa shape index (κ2) is 6.51. The Morgan fingerprint density at radius 1 is 1.05 bits per heavy atom. The number of anilines is 1. The molecule has 22 heavy (non-hydrogen) atoms. The second-order valence-electron chi connectivity index (χ2n) is 6.33. The fourth-order valence-electron chi connectivity index (χ4n) is 2.83. The van der Waals surface area contributed by atoms with E-state index in [1.54, 1.807) is 0 Å². The van der Waals surface area contributed by atoms with Crippen LogP contribution in [-0.4, -0.2) is 31.5 Å². The summed E-state index contributed by atoms with van der Waals surface area (Å²) in [7, 11) is 0. The van der Waals surface area contributed by atoms with Crippen molar-refractivity contribution in [3.05, 3.63) is 65.7 Å². The van der Waals surface area contributed by atoms with Crippen LogP contribution in [0.1, 0.15) is 11.1 Å². The summed E-state index contributed by atoms with van der Waals surface area (Å²) < 4.78 is 5.35. The lowest BCUT2D eigenvalue weighted by Crippen LogP contribution is -2.53. The SMILES string of the molecule is Cc1ccc(N(Cc2ccccc2)CC2(CO)COC2)cc1. The van der Waals surface area contributed by atoms with Crippen LogP contribution < -0.4 is 4.90 Å². The smallest absolute Gasteiger partial charge is 0.0584 e. The number of aliphatic hydroxyl groups is 1. The molecule has 0 aromatic heterocycles. The highest BCUT2D eigenvalue weighted by Crippen LogP contribution is 2.31. The number of hydrogen-bond donors (Lipinski definition) is 1. The van der Waals surface area contributed by atoms with Gasteiger partial charge in [0.25, 0.3) is 0 Å². The minimum atomic E-state index is -0.125. The largest absolute Gasteiger partial charge is 0.396 e. The van der Waals surface area contributed by atoms with E-state index >= 15 is 0 Å². The van der Waals surface area contributed by atoms with Crippen LogP contribution in [0.5, 0.6) is 0 Å². The number of benzene rings is 2. The Labute approximate surface area is 132 Å². The molecule has 0 unspecified atom stereocenters. The van der Waals surface area contributed by atoms with Gasteiger partial charge in [0.1, 0.15) is 0 Å². The number of nitrogens with zero attached hydrogens (tertiary/aromatic N) is 1. The van der Waals surface area contributed by atoms with Gasteiger partial charge in [-0.1, -0.05) is 48.0 Å². The first-order chi connectivity index (χ1) is 10.7. The summed E-state index contributed by atoms with van der Waals surface area (Å²) in [4.78, 5) is 2.34. The number of ether oxygens (including phenoxy) is 1. The Kier molecular flexibility index (Phi) is 4.46. The number of rotatable bonds is 6. The Morgan fingerprint density at radius 2 is 1.73 bits per heavy atom.